The number of furan rings is 1. The first-order valence-corrected chi connectivity index (χ1v) is 8.18. The highest BCUT2D eigenvalue weighted by Gasteiger charge is 2.26. The summed E-state index contributed by atoms with van der Waals surface area (Å²) < 4.78 is 6.05. The highest BCUT2D eigenvalue weighted by molar-refractivity contribution is 5.93. The molecule has 0 aromatic carbocycles. The van der Waals surface area contributed by atoms with Crippen LogP contribution in [0.15, 0.2) is 39.9 Å². The summed E-state index contributed by atoms with van der Waals surface area (Å²) in [5, 5.41) is 6.89. The summed E-state index contributed by atoms with van der Waals surface area (Å²) in [6, 6.07) is 4.40. The molecule has 2 amide bonds. The van der Waals surface area contributed by atoms with Gasteiger partial charge in [0.2, 0.25) is 0 Å². The Morgan fingerprint density at radius 2 is 2.20 bits per heavy atom. The van der Waals surface area contributed by atoms with Gasteiger partial charge >= 0.3 is 0 Å². The number of piperidine rings is 1. The van der Waals surface area contributed by atoms with Crippen LogP contribution >= 0.6 is 0 Å². The first-order chi connectivity index (χ1) is 12.0. The molecule has 3 heterocycles. The third-order valence-electron chi connectivity index (χ3n) is 4.32. The molecule has 0 saturated carbocycles. The molecule has 1 unspecified atom stereocenters. The number of amides is 2. The molecule has 0 aliphatic carbocycles. The van der Waals surface area contributed by atoms with Crippen LogP contribution in [0, 0.1) is 5.92 Å². The molecule has 3 rings (SSSR count). The topological polar surface area (TPSA) is 97.4 Å². The fraction of sp³-hybridized carbons (Fsp3) is 0.412. The third kappa shape index (κ3) is 3.96. The lowest BCUT2D eigenvalue weighted by atomic mass is 9.97. The lowest BCUT2D eigenvalue weighted by Gasteiger charge is -2.32. The molecular weight excluding hydrogens is 324 g/mol. The smallest absolute Gasteiger partial charge is 0.274 e. The summed E-state index contributed by atoms with van der Waals surface area (Å²) >= 11 is 0. The molecule has 1 fully saturated rings. The second kappa shape index (κ2) is 7.33. The average molecular weight is 344 g/mol. The summed E-state index contributed by atoms with van der Waals surface area (Å²) in [6.07, 6.45) is 4.66. The van der Waals surface area contributed by atoms with Crippen LogP contribution in [0.1, 0.15) is 33.7 Å². The van der Waals surface area contributed by atoms with E-state index in [0.29, 0.717) is 25.2 Å². The molecule has 1 aliphatic heterocycles. The quantitative estimate of drug-likeness (QED) is 0.878. The third-order valence-corrected chi connectivity index (χ3v) is 4.32. The molecule has 8 nitrogen and oxygen atoms in total. The maximum Gasteiger partial charge on any atom is 0.274 e. The van der Waals surface area contributed by atoms with E-state index >= 15 is 0 Å². The zero-order valence-corrected chi connectivity index (χ0v) is 14.0. The Kier molecular flexibility index (Phi) is 4.97. The average Bonchev–Trinajstić information content (AvgIpc) is 3.16. The summed E-state index contributed by atoms with van der Waals surface area (Å²) in [4.78, 5) is 37.7. The van der Waals surface area contributed by atoms with Crippen LogP contribution in [0.25, 0.3) is 0 Å². The van der Waals surface area contributed by atoms with Gasteiger partial charge in [-0.3, -0.25) is 14.4 Å². The van der Waals surface area contributed by atoms with Crippen molar-refractivity contribution in [3.8, 4) is 0 Å². The van der Waals surface area contributed by atoms with E-state index in [-0.39, 0.29) is 29.0 Å². The molecule has 1 atom stereocenters. The van der Waals surface area contributed by atoms with Crippen LogP contribution in [0.2, 0.25) is 0 Å². The Bertz CT molecular complexity index is 812. The van der Waals surface area contributed by atoms with Crippen LogP contribution in [-0.4, -0.2) is 46.1 Å². The Hall–Kier alpha value is -2.90. The van der Waals surface area contributed by atoms with Gasteiger partial charge in [-0.15, -0.1) is 0 Å². The maximum atomic E-state index is 12.6. The minimum Gasteiger partial charge on any atom is -0.472 e. The van der Waals surface area contributed by atoms with Crippen molar-refractivity contribution in [2.45, 2.75) is 12.8 Å². The monoisotopic (exact) mass is 344 g/mol. The van der Waals surface area contributed by atoms with E-state index < -0.39 is 0 Å². The number of nitrogens with zero attached hydrogens (tertiary/aromatic N) is 3. The first kappa shape index (κ1) is 16.9. The van der Waals surface area contributed by atoms with Gasteiger partial charge in [0.1, 0.15) is 12.0 Å². The molecule has 0 radical (unpaired) electrons. The van der Waals surface area contributed by atoms with Gasteiger partial charge in [-0.1, -0.05) is 0 Å². The normalized spacial score (nSPS) is 17.3. The molecule has 1 aliphatic rings. The number of carbonyl (C=O) groups is 2. The van der Waals surface area contributed by atoms with Gasteiger partial charge in [-0.25, -0.2) is 4.68 Å². The first-order valence-electron chi connectivity index (χ1n) is 8.18. The van der Waals surface area contributed by atoms with Gasteiger partial charge in [0.25, 0.3) is 17.4 Å². The van der Waals surface area contributed by atoms with Crippen molar-refractivity contribution in [2.75, 3.05) is 19.6 Å². The molecule has 132 valence electrons. The highest BCUT2D eigenvalue weighted by atomic mass is 16.3. The summed E-state index contributed by atoms with van der Waals surface area (Å²) in [6.45, 7) is 1.69. The second-order valence-electron chi connectivity index (χ2n) is 6.16. The Morgan fingerprint density at radius 1 is 1.36 bits per heavy atom. The largest absolute Gasteiger partial charge is 0.472 e. The number of nitrogens with one attached hydrogen (secondary N) is 1. The standard InChI is InChI=1S/C17H20N4O4/c1-20-15(22)5-4-14(19-20)17(24)21-7-2-3-12(10-21)9-18-16(23)13-6-8-25-11-13/h4-6,8,11-12H,2-3,7,9-10H2,1H3,(H,18,23). The number of hydrogen-bond acceptors (Lipinski definition) is 5. The molecule has 1 N–H and O–H groups in total. The predicted octanol–water partition coefficient (Wildman–Crippen LogP) is 0.655. The maximum absolute atomic E-state index is 12.6. The van der Waals surface area contributed by atoms with Gasteiger partial charge in [0.05, 0.1) is 11.8 Å². The van der Waals surface area contributed by atoms with Crippen molar-refractivity contribution in [1.29, 1.82) is 0 Å². The molecule has 0 spiro atoms. The summed E-state index contributed by atoms with van der Waals surface area (Å²) in [5.74, 6) is -0.195. The van der Waals surface area contributed by atoms with Crippen molar-refractivity contribution >= 4 is 11.8 Å². The van der Waals surface area contributed by atoms with Gasteiger partial charge in [0.15, 0.2) is 0 Å². The lowest BCUT2D eigenvalue weighted by molar-refractivity contribution is 0.0662. The summed E-state index contributed by atoms with van der Waals surface area (Å²) in [5.41, 5.74) is 0.485. The molecule has 8 heteroatoms. The van der Waals surface area contributed by atoms with Crippen molar-refractivity contribution in [3.63, 3.8) is 0 Å². The Labute approximate surface area is 144 Å². The SMILES string of the molecule is Cn1nc(C(=O)N2CCCC(CNC(=O)c3ccoc3)C2)ccc1=O. The zero-order chi connectivity index (χ0) is 17.8. The minimum absolute atomic E-state index is 0.182. The minimum atomic E-state index is -0.255. The fourth-order valence-corrected chi connectivity index (χ4v) is 2.93. The van der Waals surface area contributed by atoms with Crippen LogP contribution in [-0.2, 0) is 7.05 Å². The van der Waals surface area contributed by atoms with Crippen molar-refractivity contribution < 1.29 is 14.0 Å². The lowest BCUT2D eigenvalue weighted by Crippen LogP contribution is -2.44. The van der Waals surface area contributed by atoms with E-state index in [1.807, 2.05) is 0 Å². The van der Waals surface area contributed by atoms with Gasteiger partial charge in [-0.05, 0) is 30.9 Å². The highest BCUT2D eigenvalue weighted by Crippen LogP contribution is 2.17. The fourth-order valence-electron chi connectivity index (χ4n) is 2.93. The van der Waals surface area contributed by atoms with E-state index in [9.17, 15) is 14.4 Å². The van der Waals surface area contributed by atoms with Crippen LogP contribution in [0.5, 0.6) is 0 Å². The number of carbonyl (C=O) groups excluding carboxylic acids is 2. The molecule has 25 heavy (non-hydrogen) atoms. The van der Waals surface area contributed by atoms with E-state index in [1.165, 1.54) is 31.7 Å². The van der Waals surface area contributed by atoms with Crippen molar-refractivity contribution in [3.05, 3.63) is 52.3 Å². The van der Waals surface area contributed by atoms with Gasteiger partial charge in [0, 0.05) is 32.7 Å². The molecule has 2 aromatic heterocycles. The molecular formula is C17H20N4O4. The Morgan fingerprint density at radius 3 is 2.92 bits per heavy atom. The van der Waals surface area contributed by atoms with Crippen LogP contribution in [0.3, 0.4) is 0 Å². The number of aryl methyl sites for hydroxylation is 1. The number of aromatic nitrogens is 2. The molecule has 1 saturated heterocycles. The van der Waals surface area contributed by atoms with E-state index in [1.54, 1.807) is 11.0 Å². The van der Waals surface area contributed by atoms with E-state index in [2.05, 4.69) is 10.4 Å². The zero-order valence-electron chi connectivity index (χ0n) is 14.0. The molecule has 0 bridgehead atoms. The predicted molar refractivity (Wildman–Crippen MR) is 89.1 cm³/mol. The number of rotatable bonds is 4. The van der Waals surface area contributed by atoms with Crippen molar-refractivity contribution in [1.82, 2.24) is 20.0 Å². The van der Waals surface area contributed by atoms with E-state index in [0.717, 1.165) is 17.5 Å². The number of hydrogen-bond donors (Lipinski definition) is 1. The molecule has 2 aromatic rings. The van der Waals surface area contributed by atoms with Crippen molar-refractivity contribution in [2.24, 2.45) is 13.0 Å². The Balaban J connectivity index is 1.58. The van der Waals surface area contributed by atoms with Gasteiger partial charge < -0.3 is 14.6 Å². The second-order valence-corrected chi connectivity index (χ2v) is 6.16. The van der Waals surface area contributed by atoms with E-state index in [4.69, 9.17) is 4.42 Å². The number of likely N-dealkylation sites (tertiary alicyclic amines) is 1. The van der Waals surface area contributed by atoms with Crippen LogP contribution < -0.4 is 10.9 Å². The van der Waals surface area contributed by atoms with Crippen LogP contribution in [0.4, 0.5) is 0 Å². The van der Waals surface area contributed by atoms with Gasteiger partial charge in [-0.2, -0.15) is 5.10 Å². The summed E-state index contributed by atoms with van der Waals surface area (Å²) in [7, 11) is 1.52.